The SMILES string of the molecule is COC(=O)c1ccc(NC2CCN(CCCc3cc4ncccc4c(=O)[nH]3)CC2)cc1. The third-order valence-corrected chi connectivity index (χ3v) is 5.85. The van der Waals surface area contributed by atoms with E-state index in [9.17, 15) is 9.59 Å². The molecule has 1 aliphatic rings. The highest BCUT2D eigenvalue weighted by molar-refractivity contribution is 5.89. The molecular weight excluding hydrogens is 392 g/mol. The first-order chi connectivity index (χ1) is 15.1. The van der Waals surface area contributed by atoms with Crippen LogP contribution in [0.25, 0.3) is 10.9 Å². The molecule has 0 aliphatic carbocycles. The molecule has 0 unspecified atom stereocenters. The summed E-state index contributed by atoms with van der Waals surface area (Å²) < 4.78 is 4.74. The molecule has 0 bridgehead atoms. The molecule has 7 heteroatoms. The van der Waals surface area contributed by atoms with Gasteiger partial charge in [-0.3, -0.25) is 9.78 Å². The van der Waals surface area contributed by atoms with Gasteiger partial charge in [-0.05, 0) is 74.7 Å². The first kappa shape index (κ1) is 21.1. The number of rotatable bonds is 7. The largest absolute Gasteiger partial charge is 0.465 e. The van der Waals surface area contributed by atoms with E-state index in [1.54, 1.807) is 30.5 Å². The molecule has 0 radical (unpaired) electrons. The van der Waals surface area contributed by atoms with E-state index < -0.39 is 0 Å². The van der Waals surface area contributed by atoms with Gasteiger partial charge in [0.25, 0.3) is 5.56 Å². The Bertz CT molecular complexity index is 1090. The summed E-state index contributed by atoms with van der Waals surface area (Å²) in [6.45, 7) is 3.12. The number of carbonyl (C=O) groups excluding carboxylic acids is 1. The minimum atomic E-state index is -0.316. The summed E-state index contributed by atoms with van der Waals surface area (Å²) in [7, 11) is 1.39. The van der Waals surface area contributed by atoms with E-state index in [0.29, 0.717) is 17.0 Å². The fraction of sp³-hybridized carbons (Fsp3) is 0.375. The number of hydrogen-bond acceptors (Lipinski definition) is 6. The number of aromatic amines is 1. The summed E-state index contributed by atoms with van der Waals surface area (Å²) in [5.41, 5.74) is 3.23. The molecule has 0 saturated carbocycles. The Kier molecular flexibility index (Phi) is 6.62. The molecule has 1 aromatic carbocycles. The van der Waals surface area contributed by atoms with Crippen molar-refractivity contribution in [2.75, 3.05) is 32.1 Å². The molecule has 1 saturated heterocycles. The zero-order valence-corrected chi connectivity index (χ0v) is 17.8. The van der Waals surface area contributed by atoms with Gasteiger partial charge in [-0.1, -0.05) is 0 Å². The molecule has 0 atom stereocenters. The van der Waals surface area contributed by atoms with Crippen LogP contribution in [0.1, 0.15) is 35.3 Å². The van der Waals surface area contributed by atoms with Gasteiger partial charge in [0.2, 0.25) is 0 Å². The fourth-order valence-electron chi connectivity index (χ4n) is 4.12. The lowest BCUT2D eigenvalue weighted by atomic mass is 10.0. The van der Waals surface area contributed by atoms with Gasteiger partial charge < -0.3 is 19.9 Å². The number of hydrogen-bond donors (Lipinski definition) is 2. The average Bonchev–Trinajstić information content (AvgIpc) is 2.80. The zero-order chi connectivity index (χ0) is 21.6. The summed E-state index contributed by atoms with van der Waals surface area (Å²) in [5, 5.41) is 4.20. The predicted octanol–water partition coefficient (Wildman–Crippen LogP) is 3.22. The van der Waals surface area contributed by atoms with Gasteiger partial charge in [0.1, 0.15) is 0 Å². The Balaban J connectivity index is 1.22. The van der Waals surface area contributed by atoms with E-state index in [2.05, 4.69) is 20.2 Å². The lowest BCUT2D eigenvalue weighted by Crippen LogP contribution is -2.39. The monoisotopic (exact) mass is 420 g/mol. The number of nitrogens with zero attached hydrogens (tertiary/aromatic N) is 2. The van der Waals surface area contributed by atoms with Gasteiger partial charge in [0.15, 0.2) is 0 Å². The third kappa shape index (κ3) is 5.30. The smallest absolute Gasteiger partial charge is 0.337 e. The first-order valence-corrected chi connectivity index (χ1v) is 10.8. The molecule has 0 amide bonds. The normalized spacial score (nSPS) is 15.1. The number of ether oxygens (including phenoxy) is 1. The lowest BCUT2D eigenvalue weighted by molar-refractivity contribution is 0.0601. The molecule has 162 valence electrons. The van der Waals surface area contributed by atoms with Crippen molar-refractivity contribution >= 4 is 22.6 Å². The summed E-state index contributed by atoms with van der Waals surface area (Å²) in [6.07, 6.45) is 5.72. The highest BCUT2D eigenvalue weighted by atomic mass is 16.5. The van der Waals surface area contributed by atoms with Crippen molar-refractivity contribution in [1.82, 2.24) is 14.9 Å². The summed E-state index contributed by atoms with van der Waals surface area (Å²) >= 11 is 0. The minimum absolute atomic E-state index is 0.0629. The van der Waals surface area contributed by atoms with Gasteiger partial charge in [-0.15, -0.1) is 0 Å². The standard InChI is InChI=1S/C24H28N4O3/c1-31-24(30)17-6-8-18(9-7-17)26-19-10-14-28(15-11-19)13-3-4-20-16-22-21(23(29)27-20)5-2-12-25-22/h2,5-9,12,16,19,26H,3-4,10-11,13-15H2,1H3,(H,27,29). The van der Waals surface area contributed by atoms with Crippen molar-refractivity contribution in [2.24, 2.45) is 0 Å². The Morgan fingerprint density at radius 1 is 1.23 bits per heavy atom. The lowest BCUT2D eigenvalue weighted by Gasteiger charge is -2.32. The van der Waals surface area contributed by atoms with Crippen molar-refractivity contribution in [3.8, 4) is 0 Å². The van der Waals surface area contributed by atoms with Gasteiger partial charge in [0, 0.05) is 36.7 Å². The molecule has 4 rings (SSSR count). The average molecular weight is 421 g/mol. The van der Waals surface area contributed by atoms with Crippen LogP contribution >= 0.6 is 0 Å². The van der Waals surface area contributed by atoms with Crippen LogP contribution in [0.3, 0.4) is 0 Å². The summed E-state index contributed by atoms with van der Waals surface area (Å²) in [6, 6.07) is 13.4. The van der Waals surface area contributed by atoms with Crippen LogP contribution in [0.5, 0.6) is 0 Å². The number of H-pyrrole nitrogens is 1. The van der Waals surface area contributed by atoms with Crippen LogP contribution in [0.2, 0.25) is 0 Å². The number of pyridine rings is 2. The Hall–Kier alpha value is -3.19. The highest BCUT2D eigenvalue weighted by Crippen LogP contribution is 2.18. The van der Waals surface area contributed by atoms with Crippen LogP contribution in [0.4, 0.5) is 5.69 Å². The number of aromatic nitrogens is 2. The van der Waals surface area contributed by atoms with Crippen LogP contribution in [-0.2, 0) is 11.2 Å². The molecule has 1 aliphatic heterocycles. The molecule has 3 heterocycles. The van der Waals surface area contributed by atoms with Crippen LogP contribution < -0.4 is 10.9 Å². The molecule has 2 N–H and O–H groups in total. The number of likely N-dealkylation sites (tertiary alicyclic amines) is 1. The van der Waals surface area contributed by atoms with E-state index in [-0.39, 0.29) is 11.5 Å². The fourth-order valence-corrected chi connectivity index (χ4v) is 4.12. The molecule has 2 aromatic heterocycles. The number of methoxy groups -OCH3 is 1. The van der Waals surface area contributed by atoms with Crippen molar-refractivity contribution in [2.45, 2.75) is 31.7 Å². The quantitative estimate of drug-likeness (QED) is 0.571. The van der Waals surface area contributed by atoms with Crippen molar-refractivity contribution in [3.63, 3.8) is 0 Å². The number of anilines is 1. The molecule has 7 nitrogen and oxygen atoms in total. The third-order valence-electron chi connectivity index (χ3n) is 5.85. The van der Waals surface area contributed by atoms with Crippen LogP contribution in [0, 0.1) is 0 Å². The predicted molar refractivity (Wildman–Crippen MR) is 122 cm³/mol. The maximum Gasteiger partial charge on any atom is 0.337 e. The van der Waals surface area contributed by atoms with E-state index in [1.165, 1.54) is 7.11 Å². The Morgan fingerprint density at radius 2 is 2.00 bits per heavy atom. The number of aryl methyl sites for hydroxylation is 1. The zero-order valence-electron chi connectivity index (χ0n) is 17.8. The second-order valence-corrected chi connectivity index (χ2v) is 7.99. The highest BCUT2D eigenvalue weighted by Gasteiger charge is 2.19. The molecular formula is C24H28N4O3. The van der Waals surface area contributed by atoms with Gasteiger partial charge >= 0.3 is 5.97 Å². The van der Waals surface area contributed by atoms with Crippen molar-refractivity contribution < 1.29 is 9.53 Å². The van der Waals surface area contributed by atoms with Crippen molar-refractivity contribution in [1.29, 1.82) is 0 Å². The molecule has 1 fully saturated rings. The number of carbonyl (C=O) groups is 1. The number of piperidine rings is 1. The van der Waals surface area contributed by atoms with E-state index >= 15 is 0 Å². The van der Waals surface area contributed by atoms with Crippen molar-refractivity contribution in [3.05, 3.63) is 70.3 Å². The van der Waals surface area contributed by atoms with Crippen LogP contribution in [-0.4, -0.2) is 53.6 Å². The number of benzene rings is 1. The Labute approximate surface area is 181 Å². The van der Waals surface area contributed by atoms with Gasteiger partial charge in [-0.25, -0.2) is 4.79 Å². The number of esters is 1. The first-order valence-electron chi connectivity index (χ1n) is 10.8. The summed E-state index contributed by atoms with van der Waals surface area (Å²) in [4.78, 5) is 33.5. The maximum absolute atomic E-state index is 12.2. The molecule has 3 aromatic rings. The number of nitrogens with one attached hydrogen (secondary N) is 2. The van der Waals surface area contributed by atoms with E-state index in [1.807, 2.05) is 18.2 Å². The van der Waals surface area contributed by atoms with Gasteiger partial charge in [0.05, 0.1) is 23.6 Å². The molecule has 31 heavy (non-hydrogen) atoms. The second kappa shape index (κ2) is 9.75. The maximum atomic E-state index is 12.2. The second-order valence-electron chi connectivity index (χ2n) is 7.99. The summed E-state index contributed by atoms with van der Waals surface area (Å²) in [5.74, 6) is -0.316. The van der Waals surface area contributed by atoms with E-state index in [4.69, 9.17) is 4.74 Å². The Morgan fingerprint density at radius 3 is 2.74 bits per heavy atom. The van der Waals surface area contributed by atoms with Gasteiger partial charge in [-0.2, -0.15) is 0 Å². The van der Waals surface area contributed by atoms with E-state index in [0.717, 1.165) is 62.2 Å². The molecule has 0 spiro atoms. The number of fused-ring (bicyclic) bond motifs is 1. The minimum Gasteiger partial charge on any atom is -0.465 e. The topological polar surface area (TPSA) is 87.3 Å². The van der Waals surface area contributed by atoms with Crippen LogP contribution in [0.15, 0.2) is 53.5 Å².